The minimum absolute atomic E-state index is 0.146. The molecule has 1 amide bonds. The summed E-state index contributed by atoms with van der Waals surface area (Å²) in [5, 5.41) is 17.9. The number of aromatic nitrogens is 2. The van der Waals surface area contributed by atoms with Crippen molar-refractivity contribution in [1.82, 2.24) is 9.78 Å². The van der Waals surface area contributed by atoms with Crippen molar-refractivity contribution in [1.29, 1.82) is 0 Å². The van der Waals surface area contributed by atoms with Crippen LogP contribution in [0.5, 0.6) is 5.75 Å². The average molecular weight is 397 g/mol. The smallest absolute Gasteiger partial charge is 0.275 e. The Morgan fingerprint density at radius 2 is 2.12 bits per heavy atom. The van der Waals surface area contributed by atoms with Gasteiger partial charge in [-0.2, -0.15) is 5.10 Å². The van der Waals surface area contributed by atoms with Crippen LogP contribution in [-0.4, -0.2) is 27.7 Å². The third-order valence-corrected chi connectivity index (χ3v) is 4.61. The molecule has 0 aliphatic heterocycles. The number of amides is 1. The van der Waals surface area contributed by atoms with Gasteiger partial charge in [-0.05, 0) is 29.8 Å². The van der Waals surface area contributed by atoms with Crippen molar-refractivity contribution in [2.24, 2.45) is 0 Å². The predicted molar refractivity (Wildman–Crippen MR) is 92.3 cm³/mol. The molecule has 0 aliphatic rings. The Hall–Kier alpha value is -2.42. The van der Waals surface area contributed by atoms with Crippen LogP contribution in [0, 0.1) is 24.0 Å². The lowest BCUT2D eigenvalue weighted by atomic mass is 10.2. The summed E-state index contributed by atoms with van der Waals surface area (Å²) in [6, 6.07) is 4.12. The minimum atomic E-state index is -0.536. The Labute approximate surface area is 147 Å². The highest BCUT2D eigenvalue weighted by Gasteiger charge is 2.13. The second-order valence-electron chi connectivity index (χ2n) is 5.18. The van der Waals surface area contributed by atoms with Crippen LogP contribution in [0.3, 0.4) is 0 Å². The lowest BCUT2D eigenvalue weighted by Gasteiger charge is -2.08. The summed E-state index contributed by atoms with van der Waals surface area (Å²) in [4.78, 5) is 22.5. The minimum Gasteiger partial charge on any atom is -0.496 e. The van der Waals surface area contributed by atoms with Gasteiger partial charge in [0.05, 0.1) is 40.5 Å². The SMILES string of the molecule is COc1cc(NC(=O)CCn2nc(C)c(Br)c2C)cc([N+](=O)[O-])c1. The molecule has 24 heavy (non-hydrogen) atoms. The van der Waals surface area contributed by atoms with Crippen molar-refractivity contribution < 1.29 is 14.5 Å². The number of non-ortho nitro benzene ring substituents is 1. The van der Waals surface area contributed by atoms with Gasteiger partial charge >= 0.3 is 0 Å². The number of carbonyl (C=O) groups is 1. The van der Waals surface area contributed by atoms with Gasteiger partial charge in [-0.1, -0.05) is 0 Å². The number of anilines is 1. The van der Waals surface area contributed by atoms with E-state index in [1.807, 2.05) is 13.8 Å². The molecular formula is C15H17BrN4O4. The first-order valence-electron chi connectivity index (χ1n) is 7.14. The fourth-order valence-electron chi connectivity index (χ4n) is 2.20. The van der Waals surface area contributed by atoms with E-state index >= 15 is 0 Å². The van der Waals surface area contributed by atoms with Crippen molar-refractivity contribution in [2.75, 3.05) is 12.4 Å². The molecule has 0 fully saturated rings. The highest BCUT2D eigenvalue weighted by atomic mass is 79.9. The lowest BCUT2D eigenvalue weighted by Crippen LogP contribution is -2.15. The van der Waals surface area contributed by atoms with Gasteiger partial charge in [0.2, 0.25) is 5.91 Å². The third kappa shape index (κ3) is 4.10. The molecule has 1 aromatic heterocycles. The number of hydrogen-bond donors (Lipinski definition) is 1. The van der Waals surface area contributed by atoms with Crippen LogP contribution in [0.25, 0.3) is 0 Å². The predicted octanol–water partition coefficient (Wildman–Crippen LogP) is 3.21. The summed E-state index contributed by atoms with van der Waals surface area (Å²) in [5.74, 6) is 0.0446. The van der Waals surface area contributed by atoms with Crippen molar-refractivity contribution in [2.45, 2.75) is 26.8 Å². The van der Waals surface area contributed by atoms with Crippen LogP contribution < -0.4 is 10.1 Å². The molecule has 2 aromatic rings. The molecule has 0 atom stereocenters. The molecule has 0 saturated carbocycles. The van der Waals surface area contributed by atoms with Crippen LogP contribution >= 0.6 is 15.9 Å². The zero-order chi connectivity index (χ0) is 17.9. The number of nitrogens with one attached hydrogen (secondary N) is 1. The number of nitro benzene ring substituents is 1. The van der Waals surface area contributed by atoms with E-state index in [0.717, 1.165) is 15.9 Å². The molecule has 1 aromatic carbocycles. The maximum absolute atomic E-state index is 12.1. The molecule has 1 N–H and O–H groups in total. The molecule has 0 aliphatic carbocycles. The Morgan fingerprint density at radius 3 is 2.67 bits per heavy atom. The van der Waals surface area contributed by atoms with Crippen LogP contribution in [-0.2, 0) is 11.3 Å². The Balaban J connectivity index is 2.05. The van der Waals surface area contributed by atoms with Crippen molar-refractivity contribution in [3.05, 3.63) is 44.2 Å². The molecule has 0 radical (unpaired) electrons. The fourth-order valence-corrected chi connectivity index (χ4v) is 2.49. The molecule has 0 saturated heterocycles. The number of benzene rings is 1. The number of hydrogen-bond acceptors (Lipinski definition) is 5. The highest BCUT2D eigenvalue weighted by Crippen LogP contribution is 2.26. The lowest BCUT2D eigenvalue weighted by molar-refractivity contribution is -0.384. The van der Waals surface area contributed by atoms with E-state index in [0.29, 0.717) is 18.0 Å². The summed E-state index contributed by atoms with van der Waals surface area (Å²) < 4.78 is 7.68. The van der Waals surface area contributed by atoms with E-state index in [-0.39, 0.29) is 18.0 Å². The summed E-state index contributed by atoms with van der Waals surface area (Å²) >= 11 is 3.44. The normalized spacial score (nSPS) is 10.5. The number of rotatable bonds is 6. The molecule has 8 nitrogen and oxygen atoms in total. The second kappa shape index (κ2) is 7.43. The molecule has 0 bridgehead atoms. The highest BCUT2D eigenvalue weighted by molar-refractivity contribution is 9.10. The molecule has 1 heterocycles. The van der Waals surface area contributed by atoms with Crippen LogP contribution in [0.4, 0.5) is 11.4 Å². The number of carbonyl (C=O) groups excluding carboxylic acids is 1. The summed E-state index contributed by atoms with van der Waals surface area (Å²) in [7, 11) is 1.41. The number of ether oxygens (including phenoxy) is 1. The van der Waals surface area contributed by atoms with E-state index in [1.165, 1.54) is 25.3 Å². The fraction of sp³-hybridized carbons (Fsp3) is 0.333. The monoisotopic (exact) mass is 396 g/mol. The Bertz CT molecular complexity index is 788. The average Bonchev–Trinajstić information content (AvgIpc) is 2.79. The van der Waals surface area contributed by atoms with Crippen molar-refractivity contribution in [3.63, 3.8) is 0 Å². The largest absolute Gasteiger partial charge is 0.496 e. The maximum atomic E-state index is 12.1. The van der Waals surface area contributed by atoms with Gasteiger partial charge in [0.25, 0.3) is 5.69 Å². The number of halogens is 1. The van der Waals surface area contributed by atoms with Gasteiger partial charge in [0.15, 0.2) is 0 Å². The van der Waals surface area contributed by atoms with Gasteiger partial charge in [0, 0.05) is 24.2 Å². The first-order chi connectivity index (χ1) is 11.3. The van der Waals surface area contributed by atoms with Crippen LogP contribution in [0.15, 0.2) is 22.7 Å². The number of nitro groups is 1. The number of aryl methyl sites for hydroxylation is 2. The van der Waals surface area contributed by atoms with Crippen LogP contribution in [0.2, 0.25) is 0 Å². The first kappa shape index (κ1) is 17.9. The zero-order valence-electron chi connectivity index (χ0n) is 13.5. The zero-order valence-corrected chi connectivity index (χ0v) is 15.1. The topological polar surface area (TPSA) is 99.3 Å². The number of methoxy groups -OCH3 is 1. The van der Waals surface area contributed by atoms with Gasteiger partial charge in [-0.25, -0.2) is 0 Å². The quantitative estimate of drug-likeness (QED) is 0.596. The first-order valence-corrected chi connectivity index (χ1v) is 7.94. The van der Waals surface area contributed by atoms with Gasteiger partial charge in [0.1, 0.15) is 5.75 Å². The summed E-state index contributed by atoms with van der Waals surface area (Å²) in [5.41, 5.74) is 1.97. The summed E-state index contributed by atoms with van der Waals surface area (Å²) in [6.45, 7) is 4.20. The van der Waals surface area contributed by atoms with Gasteiger partial charge in [-0.15, -0.1) is 0 Å². The molecular weight excluding hydrogens is 380 g/mol. The molecule has 2 rings (SSSR count). The standard InChI is InChI=1S/C15H17BrN4O4/c1-9-15(16)10(2)19(18-9)5-4-14(21)17-11-6-12(20(22)23)8-13(7-11)24-3/h6-8H,4-5H2,1-3H3,(H,17,21). The Kier molecular flexibility index (Phi) is 5.55. The van der Waals surface area contributed by atoms with E-state index in [2.05, 4.69) is 26.3 Å². The third-order valence-electron chi connectivity index (χ3n) is 3.47. The van der Waals surface area contributed by atoms with Gasteiger partial charge in [-0.3, -0.25) is 19.6 Å². The van der Waals surface area contributed by atoms with E-state index in [1.54, 1.807) is 4.68 Å². The maximum Gasteiger partial charge on any atom is 0.275 e. The molecule has 9 heteroatoms. The Morgan fingerprint density at radius 1 is 1.42 bits per heavy atom. The van der Waals surface area contributed by atoms with Crippen LogP contribution in [0.1, 0.15) is 17.8 Å². The number of nitrogens with zero attached hydrogens (tertiary/aromatic N) is 3. The summed E-state index contributed by atoms with van der Waals surface area (Å²) in [6.07, 6.45) is 0.194. The van der Waals surface area contributed by atoms with E-state index in [9.17, 15) is 14.9 Å². The molecule has 0 unspecified atom stereocenters. The van der Waals surface area contributed by atoms with E-state index in [4.69, 9.17) is 4.74 Å². The van der Waals surface area contributed by atoms with Crippen molar-refractivity contribution >= 4 is 33.2 Å². The molecule has 0 spiro atoms. The second-order valence-corrected chi connectivity index (χ2v) is 5.98. The van der Waals surface area contributed by atoms with Crippen molar-refractivity contribution in [3.8, 4) is 5.75 Å². The molecule has 128 valence electrons. The van der Waals surface area contributed by atoms with Gasteiger partial charge < -0.3 is 10.1 Å². The van der Waals surface area contributed by atoms with E-state index < -0.39 is 4.92 Å².